The Morgan fingerprint density at radius 3 is 0.630 bits per heavy atom. The minimum Gasteiger partial charge on any atom is -0.462 e. The van der Waals surface area contributed by atoms with Gasteiger partial charge in [0.1, 0.15) is 19.3 Å². The Morgan fingerprint density at radius 1 is 0.250 bits per heavy atom. The zero-order valence-corrected chi connectivity index (χ0v) is 72.8. The Balaban J connectivity index is 5.19. The molecule has 19 heteroatoms. The fourth-order valence-corrected chi connectivity index (χ4v) is 15.6. The van der Waals surface area contributed by atoms with Crippen molar-refractivity contribution in [3.8, 4) is 0 Å². The summed E-state index contributed by atoms with van der Waals surface area (Å²) in [5.41, 5.74) is 0. The van der Waals surface area contributed by atoms with Crippen molar-refractivity contribution < 1.29 is 80.2 Å². The molecular formula is C89H174O17P2. The van der Waals surface area contributed by atoms with Crippen LogP contribution in [0.25, 0.3) is 0 Å². The molecular weight excluding hydrogens is 1400 g/mol. The molecule has 0 aromatic rings. The summed E-state index contributed by atoms with van der Waals surface area (Å²) >= 11 is 0. The van der Waals surface area contributed by atoms with Gasteiger partial charge in [-0.2, -0.15) is 0 Å². The van der Waals surface area contributed by atoms with Crippen molar-refractivity contribution in [1.29, 1.82) is 0 Å². The minimum absolute atomic E-state index is 0.108. The second-order valence-corrected chi connectivity index (χ2v) is 35.4. The van der Waals surface area contributed by atoms with E-state index in [-0.39, 0.29) is 25.7 Å². The van der Waals surface area contributed by atoms with Crippen LogP contribution >= 0.6 is 15.6 Å². The Labute approximate surface area is 664 Å². The molecule has 0 spiro atoms. The fourth-order valence-electron chi connectivity index (χ4n) is 14.0. The lowest BCUT2D eigenvalue weighted by Gasteiger charge is -2.21. The highest BCUT2D eigenvalue weighted by atomic mass is 31.2. The number of aliphatic hydroxyl groups excluding tert-OH is 1. The highest BCUT2D eigenvalue weighted by Gasteiger charge is 2.30. The van der Waals surface area contributed by atoms with Crippen LogP contribution in [0.15, 0.2) is 0 Å². The molecule has 5 atom stereocenters. The summed E-state index contributed by atoms with van der Waals surface area (Å²) in [4.78, 5) is 73.3. The maximum atomic E-state index is 13.2. The first-order chi connectivity index (χ1) is 52.5. The highest BCUT2D eigenvalue weighted by Crippen LogP contribution is 2.45. The van der Waals surface area contributed by atoms with Gasteiger partial charge in [-0.3, -0.25) is 37.3 Å². The molecule has 0 saturated heterocycles. The van der Waals surface area contributed by atoms with E-state index in [1.807, 2.05) is 0 Å². The van der Waals surface area contributed by atoms with Gasteiger partial charge in [0, 0.05) is 25.7 Å². The number of carbonyl (C=O) groups excluding carboxylic acids is 4. The SMILES string of the molecule is CCCCCCCCCCCCCCCCCCCCCCCCC(=O)O[C@H](COC(=O)CCCCCCCCCCCCCCCCCCCCCC)COP(=O)(O)OC[C@@H](O)COP(=O)(O)OC[C@@H](COC(=O)CCCCCCCCC(C)C)OC(=O)CCCCCCCCCCCCCCCCCCC. The monoisotopic (exact) mass is 1580 g/mol. The summed E-state index contributed by atoms with van der Waals surface area (Å²) < 4.78 is 68.9. The van der Waals surface area contributed by atoms with Gasteiger partial charge in [0.05, 0.1) is 26.4 Å². The van der Waals surface area contributed by atoms with Crippen molar-refractivity contribution in [2.45, 2.75) is 502 Å². The van der Waals surface area contributed by atoms with Crippen LogP contribution in [-0.4, -0.2) is 96.7 Å². The summed E-state index contributed by atoms with van der Waals surface area (Å²) in [5.74, 6) is -1.42. The molecule has 0 aliphatic rings. The molecule has 108 heavy (non-hydrogen) atoms. The Morgan fingerprint density at radius 2 is 0.426 bits per heavy atom. The second-order valence-electron chi connectivity index (χ2n) is 32.5. The third kappa shape index (κ3) is 82.1. The molecule has 642 valence electrons. The number of esters is 4. The largest absolute Gasteiger partial charge is 0.472 e. The molecule has 0 bridgehead atoms. The van der Waals surface area contributed by atoms with Crippen molar-refractivity contribution in [2.75, 3.05) is 39.6 Å². The number of aliphatic hydroxyl groups is 1. The molecule has 17 nitrogen and oxygen atoms in total. The lowest BCUT2D eigenvalue weighted by molar-refractivity contribution is -0.161. The summed E-state index contributed by atoms with van der Waals surface area (Å²) in [6.45, 7) is 7.30. The molecule has 0 saturated carbocycles. The molecule has 0 rings (SSSR count). The van der Waals surface area contributed by atoms with E-state index in [2.05, 4.69) is 34.6 Å². The summed E-state index contributed by atoms with van der Waals surface area (Å²) in [6, 6.07) is 0. The van der Waals surface area contributed by atoms with Crippen molar-refractivity contribution in [2.24, 2.45) is 5.92 Å². The number of carbonyl (C=O) groups is 4. The van der Waals surface area contributed by atoms with E-state index in [4.69, 9.17) is 37.0 Å². The molecule has 0 aromatic carbocycles. The zero-order valence-electron chi connectivity index (χ0n) is 71.0. The predicted molar refractivity (Wildman–Crippen MR) is 446 cm³/mol. The molecule has 0 heterocycles. The van der Waals surface area contributed by atoms with E-state index in [0.29, 0.717) is 31.6 Å². The van der Waals surface area contributed by atoms with Crippen LogP contribution in [0.2, 0.25) is 0 Å². The van der Waals surface area contributed by atoms with Crippen LogP contribution in [0.3, 0.4) is 0 Å². The smallest absolute Gasteiger partial charge is 0.462 e. The Hall–Kier alpha value is -1.94. The molecule has 0 radical (unpaired) electrons. The van der Waals surface area contributed by atoms with Gasteiger partial charge in [-0.25, -0.2) is 9.13 Å². The molecule has 3 N–H and O–H groups in total. The summed E-state index contributed by atoms with van der Waals surface area (Å²) in [7, 11) is -9.93. The van der Waals surface area contributed by atoms with E-state index in [0.717, 1.165) is 96.3 Å². The van der Waals surface area contributed by atoms with Gasteiger partial charge >= 0.3 is 39.5 Å². The lowest BCUT2D eigenvalue weighted by atomic mass is 10.0. The van der Waals surface area contributed by atoms with Crippen molar-refractivity contribution in [3.05, 3.63) is 0 Å². The maximum absolute atomic E-state index is 13.2. The van der Waals surface area contributed by atoms with Gasteiger partial charge in [-0.05, 0) is 31.6 Å². The van der Waals surface area contributed by atoms with Crippen molar-refractivity contribution >= 4 is 39.5 Å². The van der Waals surface area contributed by atoms with Crippen LogP contribution in [0.5, 0.6) is 0 Å². The first-order valence-electron chi connectivity index (χ1n) is 46.1. The van der Waals surface area contributed by atoms with Crippen molar-refractivity contribution in [1.82, 2.24) is 0 Å². The minimum atomic E-state index is -4.97. The number of phosphoric acid groups is 2. The highest BCUT2D eigenvalue weighted by molar-refractivity contribution is 7.47. The molecule has 0 amide bonds. The third-order valence-corrected chi connectivity index (χ3v) is 22.9. The van der Waals surface area contributed by atoms with Gasteiger partial charge in [0.25, 0.3) is 0 Å². The van der Waals surface area contributed by atoms with Crippen molar-refractivity contribution in [3.63, 3.8) is 0 Å². The number of ether oxygens (including phenoxy) is 4. The molecule has 0 aliphatic carbocycles. The van der Waals surface area contributed by atoms with E-state index in [1.165, 1.54) is 302 Å². The first kappa shape index (κ1) is 106. The Bertz CT molecular complexity index is 2050. The number of hydrogen-bond donors (Lipinski definition) is 3. The fraction of sp³-hybridized carbons (Fsp3) is 0.955. The van der Waals surface area contributed by atoms with E-state index in [9.17, 15) is 43.2 Å². The van der Waals surface area contributed by atoms with E-state index in [1.54, 1.807) is 0 Å². The second kappa shape index (κ2) is 81.6. The van der Waals surface area contributed by atoms with Crippen LogP contribution in [0.4, 0.5) is 0 Å². The average molecular weight is 1580 g/mol. The quantitative estimate of drug-likeness (QED) is 0.0222. The van der Waals surface area contributed by atoms with Gasteiger partial charge in [-0.1, -0.05) is 433 Å². The predicted octanol–water partition coefficient (Wildman–Crippen LogP) is 27.5. The van der Waals surface area contributed by atoms with Crippen LogP contribution in [0, 0.1) is 5.92 Å². The number of hydrogen-bond acceptors (Lipinski definition) is 15. The lowest BCUT2D eigenvalue weighted by Crippen LogP contribution is -2.30. The van der Waals surface area contributed by atoms with Crippen LogP contribution < -0.4 is 0 Å². The summed E-state index contributed by atoms with van der Waals surface area (Å²) in [6.07, 6.45) is 76.8. The first-order valence-corrected chi connectivity index (χ1v) is 49.1. The maximum Gasteiger partial charge on any atom is 0.472 e. The summed E-state index contributed by atoms with van der Waals surface area (Å²) in [5, 5.41) is 10.7. The number of phosphoric ester groups is 2. The van der Waals surface area contributed by atoms with Gasteiger partial charge in [-0.15, -0.1) is 0 Å². The van der Waals surface area contributed by atoms with Gasteiger partial charge in [0.15, 0.2) is 12.2 Å². The number of unbranched alkanes of at least 4 members (excludes halogenated alkanes) is 61. The standard InChI is InChI=1S/C89H174O17P2/c1-6-9-12-15-18-21-24-27-30-33-35-37-38-40-43-46-49-52-55-58-65-69-74-88(93)105-84(78-99-86(91)72-67-62-56-53-50-47-44-42-39-36-34-31-28-25-22-19-16-13-10-7-2)80-103-107(95,96)101-76-83(90)77-102-108(97,98)104-81-85(79-100-87(92)73-68-63-60-59-61-66-71-82(4)5)106-89(94)75-70-64-57-54-51-48-45-41-32-29-26-23-20-17-14-11-8-3/h82-85,90H,6-81H2,1-5H3,(H,95,96)(H,97,98)/t83-,84-,85-/m1/s1. The molecule has 0 fully saturated rings. The third-order valence-electron chi connectivity index (χ3n) is 21.0. The van der Waals surface area contributed by atoms with E-state index < -0.39 is 97.5 Å². The average Bonchev–Trinajstić information content (AvgIpc) is 0.898. The zero-order chi connectivity index (χ0) is 79.0. The van der Waals surface area contributed by atoms with Crippen LogP contribution in [0.1, 0.15) is 484 Å². The topological polar surface area (TPSA) is 237 Å². The van der Waals surface area contributed by atoms with Crippen LogP contribution in [-0.2, 0) is 65.4 Å². The Kier molecular flexibility index (Phi) is 80.2. The van der Waals surface area contributed by atoms with Gasteiger partial charge in [0.2, 0.25) is 0 Å². The molecule has 2 unspecified atom stereocenters. The van der Waals surface area contributed by atoms with E-state index >= 15 is 0 Å². The number of rotatable bonds is 89. The normalized spacial score (nSPS) is 13.7. The molecule has 0 aliphatic heterocycles. The van der Waals surface area contributed by atoms with Gasteiger partial charge < -0.3 is 33.8 Å². The molecule has 0 aromatic heterocycles.